The number of nitrogens with one attached hydrogen (secondary N) is 1. The van der Waals surface area contributed by atoms with Crippen molar-refractivity contribution in [3.8, 4) is 0 Å². The number of aromatic nitrogens is 1. The summed E-state index contributed by atoms with van der Waals surface area (Å²) in [5.41, 5.74) is 1.90. The van der Waals surface area contributed by atoms with Crippen LogP contribution in [-0.2, 0) is 4.79 Å². The van der Waals surface area contributed by atoms with Crippen molar-refractivity contribution in [3.63, 3.8) is 0 Å². The molecule has 1 aliphatic carbocycles. The van der Waals surface area contributed by atoms with Gasteiger partial charge in [-0.25, -0.2) is 4.98 Å². The van der Waals surface area contributed by atoms with Crippen molar-refractivity contribution in [2.45, 2.75) is 51.4 Å². The first-order valence-electron chi connectivity index (χ1n) is 10.0. The van der Waals surface area contributed by atoms with Crippen molar-refractivity contribution in [1.82, 2.24) is 15.2 Å². The van der Waals surface area contributed by atoms with Gasteiger partial charge in [0.2, 0.25) is 11.9 Å². The zero-order valence-electron chi connectivity index (χ0n) is 15.6. The summed E-state index contributed by atoms with van der Waals surface area (Å²) >= 11 is 0. The molecule has 0 aromatic carbocycles. The lowest BCUT2D eigenvalue weighted by Gasteiger charge is -2.26. The van der Waals surface area contributed by atoms with Gasteiger partial charge >= 0.3 is 0 Å². The highest BCUT2D eigenvalue weighted by Crippen LogP contribution is 2.23. The minimum absolute atomic E-state index is 0.255. The fourth-order valence-electron chi connectivity index (χ4n) is 3.92. The second-order valence-corrected chi connectivity index (χ2v) is 7.46. The molecule has 26 heavy (non-hydrogen) atoms. The molecule has 142 valence electrons. The van der Waals surface area contributed by atoms with Gasteiger partial charge in [0.05, 0.1) is 5.69 Å². The van der Waals surface area contributed by atoms with Crippen LogP contribution in [0.2, 0.25) is 0 Å². The fourth-order valence-corrected chi connectivity index (χ4v) is 3.92. The van der Waals surface area contributed by atoms with Crippen molar-refractivity contribution < 1.29 is 9.18 Å². The van der Waals surface area contributed by atoms with E-state index in [2.05, 4.69) is 21.3 Å². The monoisotopic (exact) mass is 358 g/mol. The Labute approximate surface area is 155 Å². The summed E-state index contributed by atoms with van der Waals surface area (Å²) in [7, 11) is 0. The number of halogens is 1. The summed E-state index contributed by atoms with van der Waals surface area (Å²) in [4.78, 5) is 18.5. The van der Waals surface area contributed by atoms with Gasteiger partial charge in [0.1, 0.15) is 0 Å². The number of carbonyl (C=O) groups is 1. The van der Waals surface area contributed by atoms with Gasteiger partial charge in [0.25, 0.3) is 0 Å². The zero-order valence-corrected chi connectivity index (χ0v) is 15.6. The number of hydrogen-bond donors (Lipinski definition) is 1. The molecule has 0 atom stereocenters. The van der Waals surface area contributed by atoms with Crippen LogP contribution in [0.1, 0.15) is 57.1 Å². The summed E-state index contributed by atoms with van der Waals surface area (Å²) in [6.45, 7) is 3.71. The van der Waals surface area contributed by atoms with E-state index in [-0.39, 0.29) is 11.8 Å². The van der Waals surface area contributed by atoms with Crippen LogP contribution in [0.4, 0.5) is 4.39 Å². The topological polar surface area (TPSA) is 45.2 Å². The van der Waals surface area contributed by atoms with Crippen LogP contribution >= 0.6 is 0 Å². The first kappa shape index (κ1) is 19.0. The summed E-state index contributed by atoms with van der Waals surface area (Å²) in [5.74, 6) is 0.102. The van der Waals surface area contributed by atoms with Gasteiger partial charge in [-0.15, -0.1) is 0 Å². The van der Waals surface area contributed by atoms with Gasteiger partial charge in [0, 0.05) is 25.6 Å². The second-order valence-electron chi connectivity index (χ2n) is 7.46. The molecule has 2 aliphatic rings. The standard InChI is InChI=1S/C21H30FN3O/c22-20-10-6-9-19(24-20)17-11-15-25(16-12-17)14-5-4-13-23-21(26)18-7-2-1-3-8-18/h6,9-11,18H,1-5,7-8,12-16H2,(H,23,26)/i22-1. The maximum atomic E-state index is 13.2. The Balaban J connectivity index is 1.31. The predicted molar refractivity (Wildman–Crippen MR) is 102 cm³/mol. The van der Waals surface area contributed by atoms with E-state index >= 15 is 0 Å². The third-order valence-corrected chi connectivity index (χ3v) is 5.51. The maximum absolute atomic E-state index is 13.2. The molecule has 0 unspecified atom stereocenters. The van der Waals surface area contributed by atoms with E-state index < -0.39 is 5.95 Å². The molecule has 1 saturated carbocycles. The van der Waals surface area contributed by atoms with Crippen molar-refractivity contribution >= 4 is 11.5 Å². The van der Waals surface area contributed by atoms with Crippen LogP contribution in [-0.4, -0.2) is 42.0 Å². The van der Waals surface area contributed by atoms with Gasteiger partial charge in [-0.1, -0.05) is 31.4 Å². The Morgan fingerprint density at radius 1 is 1.23 bits per heavy atom. The van der Waals surface area contributed by atoms with E-state index in [9.17, 15) is 9.18 Å². The first-order valence-corrected chi connectivity index (χ1v) is 10.0. The summed E-state index contributed by atoms with van der Waals surface area (Å²) in [5, 5.41) is 3.11. The average Bonchev–Trinajstić information content (AvgIpc) is 2.69. The second kappa shape index (κ2) is 9.81. The molecule has 2 heterocycles. The number of rotatable bonds is 7. The molecular weight excluding hydrogens is 328 g/mol. The van der Waals surface area contributed by atoms with E-state index in [1.165, 1.54) is 25.3 Å². The molecule has 1 amide bonds. The summed E-state index contributed by atoms with van der Waals surface area (Å²) in [6, 6.07) is 4.97. The fraction of sp³-hybridized carbons (Fsp3) is 0.619. The third kappa shape index (κ3) is 5.63. The molecule has 0 saturated heterocycles. The van der Waals surface area contributed by atoms with E-state index in [1.807, 2.05) is 6.07 Å². The maximum Gasteiger partial charge on any atom is 0.223 e. The van der Waals surface area contributed by atoms with Crippen LogP contribution < -0.4 is 5.32 Å². The molecule has 4 nitrogen and oxygen atoms in total. The van der Waals surface area contributed by atoms with Gasteiger partial charge in [-0.2, -0.15) is 4.39 Å². The minimum atomic E-state index is -0.416. The third-order valence-electron chi connectivity index (χ3n) is 5.51. The lowest BCUT2D eigenvalue weighted by molar-refractivity contribution is -0.125. The molecule has 1 aromatic heterocycles. The normalized spacial score (nSPS) is 19.2. The van der Waals surface area contributed by atoms with Crippen LogP contribution in [0, 0.1) is 11.9 Å². The van der Waals surface area contributed by atoms with Crippen molar-refractivity contribution in [3.05, 3.63) is 35.9 Å². The molecule has 1 fully saturated rings. The Hall–Kier alpha value is -1.75. The first-order chi connectivity index (χ1) is 12.7. The van der Waals surface area contributed by atoms with Crippen molar-refractivity contribution in [2.75, 3.05) is 26.2 Å². The number of nitrogens with zero attached hydrogens (tertiary/aromatic N) is 2. The highest BCUT2D eigenvalue weighted by molar-refractivity contribution is 5.78. The van der Waals surface area contributed by atoms with Gasteiger partial charge in [0.15, 0.2) is 0 Å². The van der Waals surface area contributed by atoms with Crippen LogP contribution in [0.5, 0.6) is 0 Å². The molecule has 1 aliphatic heterocycles. The molecule has 0 bridgehead atoms. The largest absolute Gasteiger partial charge is 0.356 e. The Bertz CT molecular complexity index is 625. The predicted octanol–water partition coefficient (Wildman–Crippen LogP) is 3.79. The summed E-state index contributed by atoms with van der Waals surface area (Å²) < 4.78 is 13.2. The quantitative estimate of drug-likeness (QED) is 0.596. The van der Waals surface area contributed by atoms with E-state index in [0.717, 1.165) is 69.6 Å². The number of amides is 1. The van der Waals surface area contributed by atoms with Crippen molar-refractivity contribution in [1.29, 1.82) is 0 Å². The number of pyridine rings is 1. The van der Waals surface area contributed by atoms with E-state index in [4.69, 9.17) is 0 Å². The highest BCUT2D eigenvalue weighted by Gasteiger charge is 2.20. The zero-order chi connectivity index (χ0) is 18.2. The Morgan fingerprint density at radius 2 is 2.08 bits per heavy atom. The lowest BCUT2D eigenvalue weighted by atomic mass is 9.89. The lowest BCUT2D eigenvalue weighted by Crippen LogP contribution is -2.33. The Kier molecular flexibility index (Phi) is 7.18. The van der Waals surface area contributed by atoms with E-state index in [1.54, 1.807) is 6.07 Å². The minimum Gasteiger partial charge on any atom is -0.356 e. The SMILES string of the molecule is O=C(NCCCCN1CC=C(c2cccc([18F])n2)CC1)C1CCCCC1. The van der Waals surface area contributed by atoms with Gasteiger partial charge < -0.3 is 5.32 Å². The van der Waals surface area contributed by atoms with Crippen LogP contribution in [0.3, 0.4) is 0 Å². The number of hydrogen-bond acceptors (Lipinski definition) is 3. The smallest absolute Gasteiger partial charge is 0.223 e. The average molecular weight is 358 g/mol. The molecule has 0 spiro atoms. The Morgan fingerprint density at radius 3 is 2.81 bits per heavy atom. The highest BCUT2D eigenvalue weighted by atomic mass is 18.2. The molecule has 0 radical (unpaired) electrons. The molecule has 5 heteroatoms. The van der Waals surface area contributed by atoms with Crippen molar-refractivity contribution in [2.24, 2.45) is 5.92 Å². The molecule has 3 rings (SSSR count). The van der Waals surface area contributed by atoms with Gasteiger partial charge in [-0.3, -0.25) is 9.69 Å². The molecule has 1 N–H and O–H groups in total. The number of carbonyl (C=O) groups excluding carboxylic acids is 1. The molecular formula is C21H30FN3O. The van der Waals surface area contributed by atoms with E-state index in [0.29, 0.717) is 0 Å². The summed E-state index contributed by atoms with van der Waals surface area (Å²) in [6.07, 6.45) is 11.0. The van der Waals surface area contributed by atoms with Gasteiger partial charge in [-0.05, 0) is 56.4 Å². The van der Waals surface area contributed by atoms with Crippen LogP contribution in [0.15, 0.2) is 24.3 Å². The van der Waals surface area contributed by atoms with Crippen LogP contribution in [0.25, 0.3) is 5.57 Å². The number of unbranched alkanes of at least 4 members (excludes halogenated alkanes) is 1. The molecule has 1 aromatic rings.